The maximum Gasteiger partial charge on any atom is 0.373 e. The molecule has 0 fully saturated rings. The summed E-state index contributed by atoms with van der Waals surface area (Å²) in [7, 11) is 0. The molecule has 0 saturated heterocycles. The third-order valence-corrected chi connectivity index (χ3v) is 0.800. The quantitative estimate of drug-likeness (QED) is 0.585. The first-order valence-electron chi connectivity index (χ1n) is 3.76. The molecule has 0 aromatic rings. The van der Waals surface area contributed by atoms with Crippen LogP contribution in [-0.4, -0.2) is 19.4 Å². The first kappa shape index (κ1) is 13.0. The summed E-state index contributed by atoms with van der Waals surface area (Å²) in [5, 5.41) is 0. The van der Waals surface area contributed by atoms with E-state index in [4.69, 9.17) is 14.3 Å². The Balaban J connectivity index is 0. The zero-order valence-electron chi connectivity index (χ0n) is 7.42. The van der Waals surface area contributed by atoms with Gasteiger partial charge < -0.3 is 4.74 Å². The van der Waals surface area contributed by atoms with E-state index in [1.807, 2.05) is 0 Å². The van der Waals surface area contributed by atoms with Gasteiger partial charge in [0.05, 0.1) is 0 Å². The van der Waals surface area contributed by atoms with Crippen molar-refractivity contribution in [3.05, 3.63) is 0 Å². The Bertz CT molecular complexity index is 93.5. The normalized spacial score (nSPS) is 8.36. The Kier molecular flexibility index (Phi) is 14.2. The van der Waals surface area contributed by atoms with Crippen molar-refractivity contribution in [2.45, 2.75) is 27.2 Å². The van der Waals surface area contributed by atoms with Gasteiger partial charge in [-0.3, -0.25) is 0 Å². The minimum Gasteiger partial charge on any atom is -0.381 e. The molecule has 3 nitrogen and oxygen atoms in total. The van der Waals surface area contributed by atoms with Crippen LogP contribution >= 0.6 is 0 Å². The molecule has 0 heterocycles. The van der Waals surface area contributed by atoms with Crippen LogP contribution in [0.1, 0.15) is 27.2 Å². The maximum atomic E-state index is 8.12. The molecule has 0 bridgehead atoms. The van der Waals surface area contributed by atoms with Gasteiger partial charge in [-0.25, -0.2) is 0 Å². The highest BCUT2D eigenvalue weighted by molar-refractivity contribution is 5.20. The van der Waals surface area contributed by atoms with Crippen molar-refractivity contribution >= 4 is 6.15 Å². The minimum absolute atomic E-state index is 0.250. The van der Waals surface area contributed by atoms with Crippen LogP contribution in [0.2, 0.25) is 0 Å². The molecule has 0 aromatic carbocycles. The second-order valence-corrected chi connectivity index (χ2v) is 2.55. The Morgan fingerprint density at radius 1 is 1.36 bits per heavy atom. The summed E-state index contributed by atoms with van der Waals surface area (Å²) in [6.45, 7) is 8.28. The number of hydrogen-bond acceptors (Lipinski definition) is 3. The fourth-order valence-electron chi connectivity index (χ4n) is 0.463. The highest BCUT2D eigenvalue weighted by atomic mass is 16.5. The molecular weight excluding hydrogens is 144 g/mol. The van der Waals surface area contributed by atoms with E-state index in [1.54, 1.807) is 0 Å². The zero-order valence-corrected chi connectivity index (χ0v) is 7.42. The lowest BCUT2D eigenvalue weighted by molar-refractivity contribution is -0.191. The summed E-state index contributed by atoms with van der Waals surface area (Å²) in [5.41, 5.74) is 0. The summed E-state index contributed by atoms with van der Waals surface area (Å²) >= 11 is 0. The van der Waals surface area contributed by atoms with E-state index in [9.17, 15) is 0 Å². The Morgan fingerprint density at radius 3 is 2.09 bits per heavy atom. The molecule has 66 valence electrons. The van der Waals surface area contributed by atoms with Crippen LogP contribution < -0.4 is 0 Å². The van der Waals surface area contributed by atoms with Gasteiger partial charge in [-0.15, -0.1) is 0 Å². The molecule has 0 amide bonds. The van der Waals surface area contributed by atoms with E-state index in [0.717, 1.165) is 19.6 Å². The van der Waals surface area contributed by atoms with Crippen LogP contribution in [0.5, 0.6) is 0 Å². The van der Waals surface area contributed by atoms with E-state index in [2.05, 4.69) is 20.8 Å². The molecule has 0 rings (SSSR count). The number of ether oxygens (including phenoxy) is 1. The number of carbonyl (C=O) groups excluding carboxylic acids is 2. The van der Waals surface area contributed by atoms with Crippen LogP contribution in [0.15, 0.2) is 0 Å². The summed E-state index contributed by atoms with van der Waals surface area (Å²) in [6, 6.07) is 0. The molecule has 0 N–H and O–H groups in total. The summed E-state index contributed by atoms with van der Waals surface area (Å²) < 4.78 is 5.24. The predicted octanol–water partition coefficient (Wildman–Crippen LogP) is 1.49. The second-order valence-electron chi connectivity index (χ2n) is 2.55. The fraction of sp³-hybridized carbons (Fsp3) is 0.875. The van der Waals surface area contributed by atoms with Gasteiger partial charge in [0.25, 0.3) is 0 Å². The van der Waals surface area contributed by atoms with Crippen LogP contribution in [0.4, 0.5) is 0 Å². The average molecular weight is 160 g/mol. The number of rotatable bonds is 4. The van der Waals surface area contributed by atoms with E-state index in [-0.39, 0.29) is 6.15 Å². The minimum atomic E-state index is 0.250. The van der Waals surface area contributed by atoms with Gasteiger partial charge in [0.2, 0.25) is 0 Å². The topological polar surface area (TPSA) is 43.4 Å². The van der Waals surface area contributed by atoms with Crippen LogP contribution in [0.3, 0.4) is 0 Å². The Hall–Kier alpha value is -0.660. The fourth-order valence-corrected chi connectivity index (χ4v) is 0.463. The summed E-state index contributed by atoms with van der Waals surface area (Å²) in [4.78, 5) is 16.2. The van der Waals surface area contributed by atoms with Crippen molar-refractivity contribution < 1.29 is 14.3 Å². The highest BCUT2D eigenvalue weighted by Crippen LogP contribution is 1.92. The summed E-state index contributed by atoms with van der Waals surface area (Å²) in [5.74, 6) is 0.682. The number of hydrogen-bond donors (Lipinski definition) is 0. The second kappa shape index (κ2) is 12.1. The Labute approximate surface area is 67.7 Å². The first-order chi connectivity index (χ1) is 5.18. The molecule has 0 saturated carbocycles. The lowest BCUT2D eigenvalue weighted by Crippen LogP contribution is -2.01. The molecule has 0 spiro atoms. The molecule has 0 atom stereocenters. The van der Waals surface area contributed by atoms with E-state index >= 15 is 0 Å². The predicted molar refractivity (Wildman–Crippen MR) is 41.0 cm³/mol. The van der Waals surface area contributed by atoms with Crippen molar-refractivity contribution in [3.8, 4) is 0 Å². The van der Waals surface area contributed by atoms with Crippen molar-refractivity contribution in [2.24, 2.45) is 5.92 Å². The van der Waals surface area contributed by atoms with Crippen molar-refractivity contribution in [3.63, 3.8) is 0 Å². The van der Waals surface area contributed by atoms with E-state index in [1.165, 1.54) is 0 Å². The van der Waals surface area contributed by atoms with Gasteiger partial charge >= 0.3 is 6.15 Å². The van der Waals surface area contributed by atoms with Gasteiger partial charge in [-0.05, 0) is 12.3 Å². The largest absolute Gasteiger partial charge is 0.381 e. The molecule has 3 heteroatoms. The third kappa shape index (κ3) is 26.7. The van der Waals surface area contributed by atoms with E-state index < -0.39 is 0 Å². The van der Waals surface area contributed by atoms with Gasteiger partial charge in [0.15, 0.2) is 0 Å². The van der Waals surface area contributed by atoms with Gasteiger partial charge in [-0.2, -0.15) is 9.59 Å². The average Bonchev–Trinajstić information content (AvgIpc) is 1.89. The molecule has 0 aliphatic carbocycles. The first-order valence-corrected chi connectivity index (χ1v) is 3.76. The molecule has 0 aliphatic rings. The Morgan fingerprint density at radius 2 is 1.82 bits per heavy atom. The highest BCUT2D eigenvalue weighted by Gasteiger charge is 1.89. The zero-order chi connectivity index (χ0) is 9.11. The molecule has 0 unspecified atom stereocenters. The monoisotopic (exact) mass is 160 g/mol. The van der Waals surface area contributed by atoms with Crippen LogP contribution in [-0.2, 0) is 14.3 Å². The SMILES string of the molecule is CCCOCC(C)C.O=C=O. The lowest BCUT2D eigenvalue weighted by atomic mass is 10.2. The third-order valence-electron chi connectivity index (χ3n) is 0.800. The van der Waals surface area contributed by atoms with Crippen LogP contribution in [0, 0.1) is 5.92 Å². The smallest absolute Gasteiger partial charge is 0.373 e. The standard InChI is InChI=1S/C7H16O.CO2/c1-4-5-8-6-7(2)3;2-1-3/h7H,4-6H2,1-3H3;. The van der Waals surface area contributed by atoms with Crippen molar-refractivity contribution in [2.75, 3.05) is 13.2 Å². The van der Waals surface area contributed by atoms with Crippen molar-refractivity contribution in [1.29, 1.82) is 0 Å². The van der Waals surface area contributed by atoms with E-state index in [0.29, 0.717) is 5.92 Å². The van der Waals surface area contributed by atoms with Gasteiger partial charge in [-0.1, -0.05) is 20.8 Å². The van der Waals surface area contributed by atoms with Gasteiger partial charge in [0.1, 0.15) is 0 Å². The molecule has 11 heavy (non-hydrogen) atoms. The maximum absolute atomic E-state index is 8.12. The van der Waals surface area contributed by atoms with Crippen molar-refractivity contribution in [1.82, 2.24) is 0 Å². The molecule has 0 radical (unpaired) electrons. The van der Waals surface area contributed by atoms with Crippen LogP contribution in [0.25, 0.3) is 0 Å². The van der Waals surface area contributed by atoms with Gasteiger partial charge in [0, 0.05) is 13.2 Å². The molecular formula is C8H16O3. The lowest BCUT2D eigenvalue weighted by Gasteiger charge is -2.03. The molecule has 0 aliphatic heterocycles. The molecule has 0 aromatic heterocycles. The summed E-state index contributed by atoms with van der Waals surface area (Å²) in [6.07, 6.45) is 1.38.